The summed E-state index contributed by atoms with van der Waals surface area (Å²) in [6.07, 6.45) is 0.767. The number of aliphatic hydroxyl groups is 1. The van der Waals surface area contributed by atoms with Gasteiger partial charge >= 0.3 is 0 Å². The van der Waals surface area contributed by atoms with Gasteiger partial charge in [0.05, 0.1) is 18.7 Å². The predicted octanol–water partition coefficient (Wildman–Crippen LogP) is 3.35. The third kappa shape index (κ3) is 6.03. The number of hydrogen-bond donors (Lipinski definition) is 3. The highest BCUT2D eigenvalue weighted by Crippen LogP contribution is 2.27. The Balaban J connectivity index is 0.00000361. The molecule has 0 saturated heterocycles. The molecular weight excluding hydrogens is 412 g/mol. The molecule has 0 aromatic heterocycles. The SMILES string of the molecule is CC[C@H](CO)NC(N)=NC(C)c1ccc(Cl)cc1Cl.I. The normalized spacial score (nSPS) is 14.3. The summed E-state index contributed by atoms with van der Waals surface area (Å²) in [5.41, 5.74) is 6.66. The fraction of sp³-hybridized carbons (Fsp3) is 0.462. The van der Waals surface area contributed by atoms with Crippen molar-refractivity contribution in [2.75, 3.05) is 6.61 Å². The molecule has 2 atom stereocenters. The average Bonchev–Trinajstić information content (AvgIpc) is 2.35. The molecule has 0 aliphatic heterocycles. The van der Waals surface area contributed by atoms with Crippen molar-refractivity contribution in [3.05, 3.63) is 33.8 Å². The van der Waals surface area contributed by atoms with E-state index in [-0.39, 0.29) is 42.7 Å². The third-order valence-electron chi connectivity index (χ3n) is 2.81. The summed E-state index contributed by atoms with van der Waals surface area (Å²) in [6.45, 7) is 3.87. The molecule has 1 rings (SSSR count). The van der Waals surface area contributed by atoms with Gasteiger partial charge in [0.1, 0.15) is 0 Å². The maximum absolute atomic E-state index is 9.09. The molecule has 0 heterocycles. The molecule has 0 fully saturated rings. The van der Waals surface area contributed by atoms with Crippen molar-refractivity contribution in [1.29, 1.82) is 0 Å². The molecule has 0 saturated carbocycles. The molecule has 4 N–H and O–H groups in total. The fourth-order valence-electron chi connectivity index (χ4n) is 1.64. The second kappa shape index (κ2) is 9.65. The van der Waals surface area contributed by atoms with Gasteiger partial charge in [-0.05, 0) is 31.0 Å². The van der Waals surface area contributed by atoms with Crippen LogP contribution in [0.5, 0.6) is 0 Å². The van der Waals surface area contributed by atoms with Gasteiger partial charge in [-0.2, -0.15) is 0 Å². The van der Waals surface area contributed by atoms with Gasteiger partial charge in [-0.15, -0.1) is 24.0 Å². The van der Waals surface area contributed by atoms with Crippen LogP contribution in [0.3, 0.4) is 0 Å². The number of nitrogens with zero attached hydrogens (tertiary/aromatic N) is 1. The van der Waals surface area contributed by atoms with Gasteiger partial charge in [0.25, 0.3) is 0 Å². The van der Waals surface area contributed by atoms with Crippen molar-refractivity contribution >= 4 is 53.1 Å². The topological polar surface area (TPSA) is 70.6 Å². The molecule has 0 spiro atoms. The number of nitrogens with one attached hydrogen (secondary N) is 1. The van der Waals surface area contributed by atoms with Crippen LogP contribution >= 0.6 is 47.2 Å². The monoisotopic (exact) mass is 431 g/mol. The molecule has 4 nitrogen and oxygen atoms in total. The molecule has 7 heteroatoms. The fourth-order valence-corrected chi connectivity index (χ4v) is 2.21. The highest BCUT2D eigenvalue weighted by Gasteiger charge is 2.11. The lowest BCUT2D eigenvalue weighted by molar-refractivity contribution is 0.252. The molecule has 0 bridgehead atoms. The van der Waals surface area contributed by atoms with Crippen LogP contribution in [0.15, 0.2) is 23.2 Å². The van der Waals surface area contributed by atoms with Crippen LogP contribution in [0.2, 0.25) is 10.0 Å². The van der Waals surface area contributed by atoms with E-state index in [1.165, 1.54) is 0 Å². The Kier molecular flexibility index (Phi) is 9.54. The number of nitrogens with two attached hydrogens (primary N) is 1. The Morgan fingerprint density at radius 1 is 1.45 bits per heavy atom. The number of aliphatic hydroxyl groups excluding tert-OH is 1. The van der Waals surface area contributed by atoms with Crippen molar-refractivity contribution in [2.45, 2.75) is 32.4 Å². The molecule has 0 aliphatic carbocycles. The number of hydrogen-bond acceptors (Lipinski definition) is 2. The lowest BCUT2D eigenvalue weighted by Gasteiger charge is -2.16. The second-order valence-corrected chi connectivity index (χ2v) is 5.13. The van der Waals surface area contributed by atoms with Gasteiger partial charge in [0.15, 0.2) is 5.96 Å². The zero-order valence-corrected chi connectivity index (χ0v) is 15.3. The molecular formula is C13H20Cl2IN3O. The van der Waals surface area contributed by atoms with E-state index >= 15 is 0 Å². The first-order chi connectivity index (χ1) is 8.97. The predicted molar refractivity (Wildman–Crippen MR) is 96.2 cm³/mol. The lowest BCUT2D eigenvalue weighted by Crippen LogP contribution is -2.41. The highest BCUT2D eigenvalue weighted by molar-refractivity contribution is 14.0. The largest absolute Gasteiger partial charge is 0.394 e. The average molecular weight is 432 g/mol. The van der Waals surface area contributed by atoms with Gasteiger partial charge in [0.2, 0.25) is 0 Å². The van der Waals surface area contributed by atoms with E-state index in [0.29, 0.717) is 16.0 Å². The summed E-state index contributed by atoms with van der Waals surface area (Å²) in [5, 5.41) is 13.2. The number of guanidine groups is 1. The maximum atomic E-state index is 9.09. The van der Waals surface area contributed by atoms with E-state index in [2.05, 4.69) is 10.3 Å². The van der Waals surface area contributed by atoms with Crippen molar-refractivity contribution in [1.82, 2.24) is 5.32 Å². The zero-order valence-electron chi connectivity index (χ0n) is 11.4. The molecule has 1 unspecified atom stereocenters. The van der Waals surface area contributed by atoms with Crippen LogP contribution in [0.1, 0.15) is 31.9 Å². The summed E-state index contributed by atoms with van der Waals surface area (Å²) >= 11 is 12.0. The Labute approximate surface area is 146 Å². The molecule has 0 aliphatic rings. The standard InChI is InChI=1S/C13H19Cl2N3O.HI/c1-3-10(7-19)18-13(16)17-8(2)11-5-4-9(14)6-12(11)15;/h4-6,8,10,19H,3,7H2,1-2H3,(H3,16,17,18);1H/t8?,10-;/m1./s1. The first kappa shape index (κ1) is 19.8. The summed E-state index contributed by atoms with van der Waals surface area (Å²) in [5.74, 6) is 0.291. The van der Waals surface area contributed by atoms with Crippen LogP contribution in [-0.2, 0) is 0 Å². The van der Waals surface area contributed by atoms with Crippen molar-refractivity contribution in [3.63, 3.8) is 0 Å². The van der Waals surface area contributed by atoms with Crippen LogP contribution in [0, 0.1) is 0 Å². The smallest absolute Gasteiger partial charge is 0.189 e. The summed E-state index contributed by atoms with van der Waals surface area (Å²) in [6, 6.07) is 5.00. The van der Waals surface area contributed by atoms with E-state index in [1.807, 2.05) is 19.9 Å². The Morgan fingerprint density at radius 3 is 2.60 bits per heavy atom. The van der Waals surface area contributed by atoms with Crippen LogP contribution in [-0.4, -0.2) is 23.7 Å². The van der Waals surface area contributed by atoms with Gasteiger partial charge in [-0.1, -0.05) is 36.2 Å². The number of halogens is 3. The molecule has 1 aromatic carbocycles. The second-order valence-electron chi connectivity index (χ2n) is 4.29. The third-order valence-corrected chi connectivity index (χ3v) is 3.37. The van der Waals surface area contributed by atoms with E-state index in [9.17, 15) is 0 Å². The van der Waals surface area contributed by atoms with Gasteiger partial charge < -0.3 is 16.2 Å². The first-order valence-electron chi connectivity index (χ1n) is 6.13. The zero-order chi connectivity index (χ0) is 14.4. The first-order valence-corrected chi connectivity index (χ1v) is 6.89. The molecule has 0 amide bonds. The Morgan fingerprint density at radius 2 is 2.10 bits per heavy atom. The molecule has 114 valence electrons. The summed E-state index contributed by atoms with van der Waals surface area (Å²) in [7, 11) is 0. The van der Waals surface area contributed by atoms with Gasteiger partial charge in [-0.25, -0.2) is 4.99 Å². The maximum Gasteiger partial charge on any atom is 0.189 e. The summed E-state index contributed by atoms with van der Waals surface area (Å²) < 4.78 is 0. The Hall–Kier alpha value is -0.240. The van der Waals surface area contributed by atoms with Crippen LogP contribution in [0.25, 0.3) is 0 Å². The van der Waals surface area contributed by atoms with E-state index in [0.717, 1.165) is 12.0 Å². The van der Waals surface area contributed by atoms with Crippen molar-refractivity contribution < 1.29 is 5.11 Å². The quantitative estimate of drug-likeness (QED) is 0.380. The summed E-state index contributed by atoms with van der Waals surface area (Å²) in [4.78, 5) is 4.32. The molecule has 20 heavy (non-hydrogen) atoms. The minimum Gasteiger partial charge on any atom is -0.394 e. The van der Waals surface area contributed by atoms with Gasteiger partial charge in [-0.3, -0.25) is 0 Å². The van der Waals surface area contributed by atoms with Crippen molar-refractivity contribution in [2.24, 2.45) is 10.7 Å². The number of rotatable bonds is 5. The van der Waals surface area contributed by atoms with E-state index in [1.54, 1.807) is 12.1 Å². The minimum absolute atomic E-state index is 0. The number of benzene rings is 1. The Bertz CT molecular complexity index is 453. The molecule has 0 radical (unpaired) electrons. The minimum atomic E-state index is -0.187. The lowest BCUT2D eigenvalue weighted by atomic mass is 10.1. The van der Waals surface area contributed by atoms with Crippen LogP contribution in [0.4, 0.5) is 0 Å². The molecule has 1 aromatic rings. The number of aliphatic imine (C=N–C) groups is 1. The van der Waals surface area contributed by atoms with E-state index < -0.39 is 0 Å². The van der Waals surface area contributed by atoms with E-state index in [4.69, 9.17) is 34.0 Å². The van der Waals surface area contributed by atoms with Gasteiger partial charge in [0, 0.05) is 10.0 Å². The van der Waals surface area contributed by atoms with Crippen molar-refractivity contribution in [3.8, 4) is 0 Å². The highest BCUT2D eigenvalue weighted by atomic mass is 127. The van der Waals surface area contributed by atoms with Crippen LogP contribution < -0.4 is 11.1 Å².